The Morgan fingerprint density at radius 1 is 0.904 bits per heavy atom. The van der Waals surface area contributed by atoms with Gasteiger partial charge in [-0.25, -0.2) is 38.0 Å². The second-order valence-corrected chi connectivity index (χ2v) is 16.7. The molecular weight excluding hydrogens is 798 g/mol. The zero-order valence-electron chi connectivity index (χ0n) is 25.9. The maximum atomic E-state index is 11.9. The number of anilines is 1. The average Bonchev–Trinajstić information content (AvgIpc) is 3.67. The number of nitrogens with two attached hydrogens (primary N) is 1. The van der Waals surface area contributed by atoms with Crippen molar-refractivity contribution >= 4 is 48.3 Å². The van der Waals surface area contributed by atoms with Crippen LogP contribution in [0, 0.1) is 6.92 Å². The zero-order valence-corrected chi connectivity index (χ0v) is 29.5. The summed E-state index contributed by atoms with van der Waals surface area (Å²) < 4.78 is 73.2. The van der Waals surface area contributed by atoms with Gasteiger partial charge in [-0.1, -0.05) is 0 Å². The van der Waals surface area contributed by atoms with Gasteiger partial charge >= 0.3 is 37.0 Å². The molecule has 0 aliphatic carbocycles. The molecule has 0 bridgehead atoms. The molecule has 0 radical (unpaired) electrons. The first-order valence-corrected chi connectivity index (χ1v) is 20.0. The van der Waals surface area contributed by atoms with Gasteiger partial charge < -0.3 is 60.1 Å². The van der Waals surface area contributed by atoms with Gasteiger partial charge in [-0.3, -0.25) is 23.4 Å². The topological polar surface area (TPSA) is 430 Å². The summed E-state index contributed by atoms with van der Waals surface area (Å²) in [6, 6.07) is 0. The number of aryl methyl sites for hydroxylation is 1. The first-order valence-electron chi connectivity index (χ1n) is 14.0. The molecule has 2 aliphatic heterocycles. The molecule has 2 aliphatic rings. The summed E-state index contributed by atoms with van der Waals surface area (Å²) in [5.41, 5.74) is 5.06. The molecule has 28 nitrogen and oxygen atoms in total. The third-order valence-corrected chi connectivity index (χ3v) is 12.3. The number of phosphoric ester groups is 1. The monoisotopic (exact) mass is 829 g/mol. The molecule has 52 heavy (non-hydrogen) atoms. The van der Waals surface area contributed by atoms with Gasteiger partial charge in [0.15, 0.2) is 17.7 Å². The van der Waals surface area contributed by atoms with E-state index < -0.39 is 98.7 Å². The van der Waals surface area contributed by atoms with Crippen LogP contribution in [-0.4, -0.2) is 118 Å². The fourth-order valence-corrected chi connectivity index (χ4v) is 9.08. The van der Waals surface area contributed by atoms with Crippen molar-refractivity contribution in [3.8, 4) is 0 Å². The normalized spacial score (nSPS) is 28.5. The fourth-order valence-electron chi connectivity index (χ4n) is 4.62. The van der Waals surface area contributed by atoms with Crippen LogP contribution in [0.1, 0.15) is 24.4 Å². The highest BCUT2D eigenvalue weighted by atomic mass is 31.3. The van der Waals surface area contributed by atoms with E-state index in [2.05, 4.69) is 32.4 Å². The van der Waals surface area contributed by atoms with Crippen LogP contribution in [0.3, 0.4) is 0 Å². The van der Waals surface area contributed by atoms with Gasteiger partial charge in [0.2, 0.25) is 0 Å². The number of H-pyrrole nitrogens is 1. The summed E-state index contributed by atoms with van der Waals surface area (Å²) in [6.45, 7) is 0.0301. The Kier molecular flexibility index (Phi) is 12.9. The van der Waals surface area contributed by atoms with E-state index in [0.29, 0.717) is 11.2 Å². The third kappa shape index (κ3) is 10.5. The zero-order chi connectivity index (χ0) is 39.0. The smallest absolute Gasteiger partial charge is 0.394 e. The summed E-state index contributed by atoms with van der Waals surface area (Å²) in [5.74, 6) is 0.218. The van der Waals surface area contributed by atoms with E-state index in [4.69, 9.17) is 35.0 Å². The van der Waals surface area contributed by atoms with Gasteiger partial charge in [0, 0.05) is 18.2 Å². The second kappa shape index (κ2) is 16.0. The minimum atomic E-state index is -5.98. The standard InChI is InChI=1S/C10H13N5O4.C10H18N2O17P4/c11-8-5-9(13-2-12-8)15(3-14-5)10-7(18)6(17)4(1-16)19-10;1-5-3-12(10(15)11-9(5)14)8-2-6(13)7(26-8)4-25-31(19,20)28-33(23,24)29-32(21,22)27-30(16,17)18/h2-4,6-7,10,16-18H,1H2,(H2,11,12,13);3,6-8,13H,2,4H2,1H3,(H,19,20)(H,21,22)(H,23,24)(H,11,14,15)(H2,16,17,18)/t4-,6-,7-,10-;6-,7+,8+/m10/s1. The molecular formula is C20H31N7O21P4. The lowest BCUT2D eigenvalue weighted by Gasteiger charge is -2.20. The lowest BCUT2D eigenvalue weighted by atomic mass is 10.1. The van der Waals surface area contributed by atoms with Gasteiger partial charge in [0.1, 0.15) is 42.5 Å². The Bertz CT molecular complexity index is 2070. The van der Waals surface area contributed by atoms with Crippen LogP contribution in [-0.2, 0) is 45.2 Å². The predicted molar refractivity (Wildman–Crippen MR) is 164 cm³/mol. The molecule has 0 amide bonds. The second-order valence-electron chi connectivity index (χ2n) is 10.7. The van der Waals surface area contributed by atoms with Crippen LogP contribution in [0.15, 0.2) is 28.4 Å². The average molecular weight is 829 g/mol. The number of fused-ring (bicyclic) bond motifs is 1. The maximum absolute atomic E-state index is 11.9. The van der Waals surface area contributed by atoms with Crippen LogP contribution >= 0.6 is 31.3 Å². The largest absolute Gasteiger partial charge is 0.490 e. The van der Waals surface area contributed by atoms with Crippen molar-refractivity contribution in [1.82, 2.24) is 29.1 Å². The number of ether oxygens (including phenoxy) is 2. The third-order valence-electron chi connectivity index (χ3n) is 6.86. The number of hydrogen-bond donors (Lipinski definition) is 11. The van der Waals surface area contributed by atoms with Crippen LogP contribution in [0.2, 0.25) is 0 Å². The van der Waals surface area contributed by atoms with E-state index in [1.165, 1.54) is 24.1 Å². The summed E-state index contributed by atoms with van der Waals surface area (Å²) in [6.07, 6.45) is -4.42. The molecule has 2 saturated heterocycles. The van der Waals surface area contributed by atoms with Crippen molar-refractivity contribution in [2.45, 2.75) is 56.3 Å². The predicted octanol–water partition coefficient (Wildman–Crippen LogP) is -3.03. The highest BCUT2D eigenvalue weighted by Crippen LogP contribution is 2.70. The SMILES string of the molecule is Cc1cn([C@H]2C[C@H](O)[C@@H](COP(=O)(O)OP(=O)(O)OP(=O)(O)OP(=O)(O)O)O2)c(=O)[nH]c1=O.Nc1ncnc2c1ncn2[C@@H]1O[C@H](CO)[C@@H](O)[C@H]1O. The number of nitrogen functional groups attached to an aromatic ring is 1. The molecule has 10 atom stereocenters. The van der Waals surface area contributed by atoms with E-state index >= 15 is 0 Å². The van der Waals surface area contributed by atoms with E-state index in [1.807, 2.05) is 4.98 Å². The quantitative estimate of drug-likeness (QED) is 0.0809. The van der Waals surface area contributed by atoms with E-state index in [1.54, 1.807) is 0 Å². The number of rotatable bonds is 12. The Hall–Kier alpha value is -2.65. The number of aromatic amines is 1. The molecule has 5 rings (SSSR count). The Morgan fingerprint density at radius 2 is 1.54 bits per heavy atom. The number of imidazole rings is 1. The number of phosphoric acid groups is 4. The van der Waals surface area contributed by atoms with Crippen LogP contribution < -0.4 is 17.0 Å². The van der Waals surface area contributed by atoms with Crippen LogP contribution in [0.4, 0.5) is 5.82 Å². The number of hydrogen-bond acceptors (Lipinski definition) is 20. The highest BCUT2D eigenvalue weighted by molar-refractivity contribution is 7.69. The van der Waals surface area contributed by atoms with Crippen molar-refractivity contribution in [1.29, 1.82) is 0 Å². The van der Waals surface area contributed by atoms with Gasteiger partial charge in [-0.05, 0) is 6.92 Å². The lowest BCUT2D eigenvalue weighted by molar-refractivity contribution is -0.0511. The molecule has 32 heteroatoms. The molecule has 2 fully saturated rings. The number of nitrogens with one attached hydrogen (secondary N) is 1. The number of aliphatic hydroxyl groups excluding tert-OH is 4. The van der Waals surface area contributed by atoms with Crippen molar-refractivity contribution in [3.63, 3.8) is 0 Å². The molecule has 5 heterocycles. The van der Waals surface area contributed by atoms with Crippen LogP contribution in [0.25, 0.3) is 11.2 Å². The number of aliphatic hydroxyl groups is 4. The molecule has 3 aromatic heterocycles. The number of nitrogens with zero attached hydrogens (tertiary/aromatic N) is 5. The highest BCUT2D eigenvalue weighted by Gasteiger charge is 2.46. The Morgan fingerprint density at radius 3 is 2.15 bits per heavy atom. The van der Waals surface area contributed by atoms with E-state index in [-0.39, 0.29) is 17.8 Å². The van der Waals surface area contributed by atoms with E-state index in [0.717, 1.165) is 10.8 Å². The number of aromatic nitrogens is 6. The van der Waals surface area contributed by atoms with Crippen molar-refractivity contribution in [2.24, 2.45) is 0 Å². The van der Waals surface area contributed by atoms with Crippen molar-refractivity contribution in [2.75, 3.05) is 18.9 Å². The summed E-state index contributed by atoms with van der Waals surface area (Å²) >= 11 is 0. The first-order chi connectivity index (χ1) is 23.9. The van der Waals surface area contributed by atoms with Gasteiger partial charge in [0.05, 0.1) is 25.6 Å². The minimum Gasteiger partial charge on any atom is -0.394 e. The van der Waals surface area contributed by atoms with Gasteiger partial charge in [-0.2, -0.15) is 12.9 Å². The molecule has 0 saturated carbocycles. The van der Waals surface area contributed by atoms with Crippen molar-refractivity contribution in [3.05, 3.63) is 45.3 Å². The Labute approximate surface area is 288 Å². The summed E-state index contributed by atoms with van der Waals surface area (Å²) in [4.78, 5) is 81.9. The molecule has 12 N–H and O–H groups in total. The molecule has 292 valence electrons. The van der Waals surface area contributed by atoms with Gasteiger partial charge in [-0.15, -0.1) is 0 Å². The minimum absolute atomic E-state index is 0.142. The van der Waals surface area contributed by atoms with Crippen molar-refractivity contribution < 1.29 is 90.1 Å². The van der Waals surface area contributed by atoms with E-state index in [9.17, 15) is 53.0 Å². The fraction of sp³-hybridized carbons (Fsp3) is 0.550. The van der Waals surface area contributed by atoms with Gasteiger partial charge in [0.25, 0.3) is 5.56 Å². The van der Waals surface area contributed by atoms with Crippen LogP contribution in [0.5, 0.6) is 0 Å². The molecule has 3 unspecified atom stereocenters. The summed E-state index contributed by atoms with van der Waals surface area (Å²) in [5, 5.41) is 38.8. The summed E-state index contributed by atoms with van der Waals surface area (Å²) in [7, 11) is -23.2. The lowest BCUT2D eigenvalue weighted by Crippen LogP contribution is -2.33. The molecule has 0 aromatic carbocycles. The first kappa shape index (κ1) is 42.1. The molecule has 0 spiro atoms. The molecule has 3 aromatic rings. The Balaban J connectivity index is 0.000000267. The maximum Gasteiger partial charge on any atom is 0.490 e.